The molecule has 78 heavy (non-hydrogen) atoms. The first-order chi connectivity index (χ1) is 37.8. The molecular weight excluding hydrogens is 983 g/mol. The van der Waals surface area contributed by atoms with Gasteiger partial charge in [0.1, 0.15) is 25.4 Å². The van der Waals surface area contributed by atoms with Crippen molar-refractivity contribution < 1.29 is 38.0 Å². The van der Waals surface area contributed by atoms with Crippen LogP contribution in [0.15, 0.2) is 100 Å². The van der Waals surface area contributed by atoms with Crippen LogP contribution < -0.4 is 14.8 Å². The van der Waals surface area contributed by atoms with Crippen molar-refractivity contribution >= 4 is 45.6 Å². The summed E-state index contributed by atoms with van der Waals surface area (Å²) in [5, 5.41) is 4.23. The Morgan fingerprint density at radius 2 is 1.59 bits per heavy atom. The molecule has 3 N–H and O–H groups in total. The molecule has 0 saturated carbocycles. The SMILES string of the molecule is CCc1c2[nH]c(c1C)CC1=NC(=C(C)C1C(C)OCc1ccc(C#Cc3cccc(Nc4ncnc5cc(OCCOC)c(OCCOC)cc45)c3)cc1)C=C1N=C(C3CC(=O)c4c3[nH]c(c4C)C2)[C@@H](CCC(=O)OC)[C@@H]1C. The number of rotatable bonds is 18. The van der Waals surface area contributed by atoms with Crippen LogP contribution in [0.4, 0.5) is 11.5 Å². The molecule has 15 nitrogen and oxygen atoms in total. The number of aromatic amines is 2. The van der Waals surface area contributed by atoms with Crippen LogP contribution in [0.2, 0.25) is 0 Å². The maximum absolute atomic E-state index is 13.9. The Kier molecular flexibility index (Phi) is 16.2. The number of anilines is 2. The molecule has 3 aromatic heterocycles. The third-order valence-electron chi connectivity index (χ3n) is 16.0. The first kappa shape index (κ1) is 53.7. The lowest BCUT2D eigenvalue weighted by atomic mass is 9.81. The van der Waals surface area contributed by atoms with Crippen LogP contribution in [0.5, 0.6) is 11.5 Å². The van der Waals surface area contributed by atoms with Gasteiger partial charge in [0.05, 0.1) is 44.2 Å². The quantitative estimate of drug-likeness (QED) is 0.0423. The average Bonchev–Trinajstić information content (AvgIpc) is 4.21. The molecule has 0 spiro atoms. The number of benzene rings is 3. The Morgan fingerprint density at radius 3 is 2.33 bits per heavy atom. The van der Waals surface area contributed by atoms with Crippen molar-refractivity contribution in [2.24, 2.45) is 27.7 Å². The summed E-state index contributed by atoms with van der Waals surface area (Å²) < 4.78 is 34.3. The van der Waals surface area contributed by atoms with E-state index in [9.17, 15) is 9.59 Å². The first-order valence-corrected chi connectivity index (χ1v) is 27.1. The molecule has 0 radical (unpaired) electrons. The molecule has 4 aliphatic rings. The summed E-state index contributed by atoms with van der Waals surface area (Å²) in [4.78, 5) is 53.9. The van der Waals surface area contributed by atoms with E-state index in [2.05, 4.69) is 96.8 Å². The highest BCUT2D eigenvalue weighted by atomic mass is 16.5. The van der Waals surface area contributed by atoms with Gasteiger partial charge in [-0.3, -0.25) is 19.6 Å². The fourth-order valence-corrected chi connectivity index (χ4v) is 11.7. The molecule has 3 aliphatic heterocycles. The Labute approximate surface area is 456 Å². The number of allylic oxidation sites excluding steroid dienone is 2. The van der Waals surface area contributed by atoms with Crippen LogP contribution >= 0.6 is 0 Å². The maximum atomic E-state index is 13.9. The van der Waals surface area contributed by atoms with E-state index in [0.717, 1.165) is 96.5 Å². The number of carbonyl (C=O) groups is 2. The van der Waals surface area contributed by atoms with Gasteiger partial charge in [-0.2, -0.15) is 0 Å². The number of ketones is 1. The van der Waals surface area contributed by atoms with Gasteiger partial charge in [0, 0.05) is 137 Å². The van der Waals surface area contributed by atoms with Gasteiger partial charge >= 0.3 is 5.97 Å². The number of nitrogens with zero attached hydrogens (tertiary/aromatic N) is 4. The minimum absolute atomic E-state index is 0.00265. The second kappa shape index (κ2) is 23.5. The van der Waals surface area contributed by atoms with E-state index in [1.807, 2.05) is 48.5 Å². The largest absolute Gasteiger partial charge is 0.487 e. The van der Waals surface area contributed by atoms with Crippen molar-refractivity contribution in [3.05, 3.63) is 152 Å². The number of aromatic nitrogens is 4. The lowest BCUT2D eigenvalue weighted by Crippen LogP contribution is -2.29. The fraction of sp³-hybridized carbons (Fsp3) is 0.397. The van der Waals surface area contributed by atoms with E-state index in [1.54, 1.807) is 14.2 Å². The van der Waals surface area contributed by atoms with Gasteiger partial charge in [-0.1, -0.05) is 43.9 Å². The third kappa shape index (κ3) is 11.1. The maximum Gasteiger partial charge on any atom is 0.305 e. The van der Waals surface area contributed by atoms with Gasteiger partial charge in [-0.15, -0.1) is 0 Å². The van der Waals surface area contributed by atoms with E-state index in [0.29, 0.717) is 81.6 Å². The highest BCUT2D eigenvalue weighted by molar-refractivity contribution is 6.10. The molecule has 0 amide bonds. The fourth-order valence-electron chi connectivity index (χ4n) is 11.7. The second-order valence-electron chi connectivity index (χ2n) is 20.7. The predicted molar refractivity (Wildman–Crippen MR) is 302 cm³/mol. The number of ether oxygens (including phenoxy) is 6. The van der Waals surface area contributed by atoms with Gasteiger partial charge in [-0.25, -0.2) is 9.97 Å². The van der Waals surface area contributed by atoms with Crippen LogP contribution in [0, 0.1) is 43.4 Å². The summed E-state index contributed by atoms with van der Waals surface area (Å²) in [5.74, 6) is 7.99. The third-order valence-corrected chi connectivity index (χ3v) is 16.0. The Balaban J connectivity index is 0.868. The second-order valence-corrected chi connectivity index (χ2v) is 20.7. The number of methoxy groups -OCH3 is 3. The molecule has 0 saturated heterocycles. The summed E-state index contributed by atoms with van der Waals surface area (Å²) >= 11 is 0. The summed E-state index contributed by atoms with van der Waals surface area (Å²) in [6.07, 6.45) is 6.84. The summed E-state index contributed by atoms with van der Waals surface area (Å²) in [5.41, 5.74) is 17.9. The van der Waals surface area contributed by atoms with Crippen LogP contribution in [0.1, 0.15) is 119 Å². The molecule has 15 heteroatoms. The van der Waals surface area contributed by atoms with Gasteiger partial charge in [0.25, 0.3) is 0 Å². The first-order valence-electron chi connectivity index (χ1n) is 27.1. The zero-order valence-electron chi connectivity index (χ0n) is 46.1. The number of H-pyrrole nitrogens is 2. The molecular formula is C63H69N7O8. The topological polar surface area (TPSA) is 184 Å². The Bertz CT molecular complexity index is 3460. The van der Waals surface area contributed by atoms with Crippen molar-refractivity contribution in [2.45, 2.75) is 98.7 Å². The molecule has 5 atom stereocenters. The number of hydrogen-bond acceptors (Lipinski definition) is 13. The molecule has 404 valence electrons. The summed E-state index contributed by atoms with van der Waals surface area (Å²) in [6.45, 7) is 15.0. The number of hydrogen-bond donors (Lipinski definition) is 3. The number of esters is 1. The van der Waals surface area contributed by atoms with Gasteiger partial charge < -0.3 is 43.7 Å². The Hall–Kier alpha value is -7.64. The van der Waals surface area contributed by atoms with Gasteiger partial charge in [0.2, 0.25) is 0 Å². The summed E-state index contributed by atoms with van der Waals surface area (Å²) in [6, 6.07) is 19.9. The van der Waals surface area contributed by atoms with Gasteiger partial charge in [0.15, 0.2) is 17.3 Å². The smallest absolute Gasteiger partial charge is 0.305 e. The van der Waals surface area contributed by atoms with Crippen LogP contribution in [-0.4, -0.2) is 97.0 Å². The van der Waals surface area contributed by atoms with E-state index >= 15 is 0 Å². The highest BCUT2D eigenvalue weighted by Crippen LogP contribution is 2.47. The summed E-state index contributed by atoms with van der Waals surface area (Å²) in [7, 11) is 4.69. The normalized spacial score (nSPS) is 18.8. The highest BCUT2D eigenvalue weighted by Gasteiger charge is 2.44. The minimum Gasteiger partial charge on any atom is -0.487 e. The number of Topliss-reactive ketones (excluding diaryl/α,β-unsaturated/α-hetero) is 1. The molecule has 0 fully saturated rings. The molecule has 3 unspecified atom stereocenters. The monoisotopic (exact) mass is 1050 g/mol. The van der Waals surface area contributed by atoms with Crippen LogP contribution in [0.3, 0.4) is 0 Å². The van der Waals surface area contributed by atoms with Crippen molar-refractivity contribution in [3.63, 3.8) is 0 Å². The number of fused-ring (bicyclic) bond motifs is 7. The predicted octanol–water partition coefficient (Wildman–Crippen LogP) is 11.0. The van der Waals surface area contributed by atoms with Crippen LogP contribution in [-0.2, 0) is 49.6 Å². The number of nitrogens with one attached hydrogen (secondary N) is 3. The van der Waals surface area contributed by atoms with Crippen molar-refractivity contribution in [3.8, 4) is 23.3 Å². The molecule has 8 bridgehead atoms. The van der Waals surface area contributed by atoms with Gasteiger partial charge in [-0.05, 0) is 111 Å². The molecule has 10 rings (SSSR count). The zero-order valence-corrected chi connectivity index (χ0v) is 46.1. The minimum atomic E-state index is -0.252. The van der Waals surface area contributed by atoms with Crippen molar-refractivity contribution in [1.82, 2.24) is 19.9 Å². The molecule has 1 aliphatic carbocycles. The standard InChI is InChI=1S/C63H69N7O8/c1-10-44-35(2)48-31-54-59(37(4)50(68-54)29-49-36(3)45(20-21-58(72)75-9)61(69-49)47-27-55(71)60-38(5)51(70-62(47)60)30-53(44)67-48)39(6)78-33-42-18-15-40(16-19-42)14-17-41-12-11-13-43(26-41)66-63-46-28-56(76-24-22-73-7)57(77-25-23-74-8)32-52(46)64-34-65-63/h11-13,15-16,18-19,26,28-29,32,34,36,39,45,47,59,67,70H,10,20-25,27,30-31,33H2,1-9H3,(H,64,65,66)/t36-,39?,45-,47?,59?/m0/s1. The van der Waals surface area contributed by atoms with E-state index in [-0.39, 0.29) is 47.9 Å². The average molecular weight is 1050 g/mol. The number of carbonyl (C=O) groups excluding carboxylic acids is 2. The van der Waals surface area contributed by atoms with E-state index < -0.39 is 0 Å². The van der Waals surface area contributed by atoms with E-state index in [4.69, 9.17) is 38.4 Å². The van der Waals surface area contributed by atoms with E-state index in [1.165, 1.54) is 24.6 Å². The number of aliphatic imine (C=N–C) groups is 2. The van der Waals surface area contributed by atoms with Crippen LogP contribution in [0.25, 0.3) is 10.9 Å². The lowest BCUT2D eigenvalue weighted by molar-refractivity contribution is -0.140. The molecule has 6 heterocycles. The Morgan fingerprint density at radius 1 is 0.846 bits per heavy atom. The molecule has 6 aromatic rings. The lowest BCUT2D eigenvalue weighted by Gasteiger charge is -2.24. The van der Waals surface area contributed by atoms with Crippen molar-refractivity contribution in [2.75, 3.05) is 53.1 Å². The van der Waals surface area contributed by atoms with Crippen molar-refractivity contribution in [1.29, 1.82) is 0 Å². The molecule has 3 aromatic carbocycles. The zero-order chi connectivity index (χ0) is 54.6.